The zero-order chi connectivity index (χ0) is 14.8. The summed E-state index contributed by atoms with van der Waals surface area (Å²) in [6.07, 6.45) is 3.07. The monoisotopic (exact) mass is 291 g/mol. The van der Waals surface area contributed by atoms with Gasteiger partial charge in [0, 0.05) is 36.9 Å². The number of rotatable bonds is 5. The lowest BCUT2D eigenvalue weighted by atomic mass is 10.0. The van der Waals surface area contributed by atoms with E-state index in [1.807, 2.05) is 17.9 Å². The number of piperazine rings is 1. The van der Waals surface area contributed by atoms with E-state index in [2.05, 4.69) is 10.6 Å². The van der Waals surface area contributed by atoms with Crippen molar-refractivity contribution in [2.24, 2.45) is 0 Å². The molecule has 0 bridgehead atoms. The smallest absolute Gasteiger partial charge is 0.242 e. The molecule has 0 radical (unpaired) electrons. The van der Waals surface area contributed by atoms with Crippen molar-refractivity contribution in [3.8, 4) is 0 Å². The number of anilines is 1. The Bertz CT molecular complexity index is 530. The number of benzene rings is 1. The van der Waals surface area contributed by atoms with Crippen LogP contribution in [0.4, 0.5) is 10.1 Å². The average molecular weight is 291 g/mol. The van der Waals surface area contributed by atoms with E-state index in [0.717, 1.165) is 18.7 Å². The maximum Gasteiger partial charge on any atom is 0.242 e. The Morgan fingerprint density at radius 2 is 2.24 bits per heavy atom. The van der Waals surface area contributed by atoms with E-state index < -0.39 is 0 Å². The average Bonchev–Trinajstić information content (AvgIpc) is 3.29. The number of halogens is 1. The molecule has 0 spiro atoms. The number of nitrogens with one attached hydrogen (secondary N) is 2. The molecule has 21 heavy (non-hydrogen) atoms. The van der Waals surface area contributed by atoms with Crippen LogP contribution in [0.2, 0.25) is 0 Å². The molecule has 1 aliphatic heterocycles. The van der Waals surface area contributed by atoms with Crippen LogP contribution in [0.5, 0.6) is 0 Å². The Morgan fingerprint density at radius 1 is 1.43 bits per heavy atom. The molecule has 2 aliphatic rings. The highest BCUT2D eigenvalue weighted by atomic mass is 19.1. The molecule has 1 amide bonds. The number of hydrogen-bond acceptors (Lipinski definition) is 3. The Balaban J connectivity index is 1.88. The largest absolute Gasteiger partial charge is 0.357 e. The summed E-state index contributed by atoms with van der Waals surface area (Å²) in [4.78, 5) is 14.1. The van der Waals surface area contributed by atoms with Gasteiger partial charge in [-0.05, 0) is 31.4 Å². The second-order valence-corrected chi connectivity index (χ2v) is 5.80. The van der Waals surface area contributed by atoms with Gasteiger partial charge in [0.15, 0.2) is 0 Å². The molecule has 2 fully saturated rings. The highest BCUT2D eigenvalue weighted by Crippen LogP contribution is 2.28. The number of carbonyl (C=O) groups is 1. The minimum absolute atomic E-state index is 0.0362. The maximum absolute atomic E-state index is 14.2. The number of amides is 1. The van der Waals surface area contributed by atoms with Crippen molar-refractivity contribution in [3.05, 3.63) is 29.6 Å². The molecule has 1 saturated carbocycles. The molecule has 1 heterocycles. The highest BCUT2D eigenvalue weighted by Gasteiger charge is 2.30. The Hall–Kier alpha value is -1.62. The lowest BCUT2D eigenvalue weighted by Crippen LogP contribution is -2.55. The van der Waals surface area contributed by atoms with Crippen molar-refractivity contribution in [1.82, 2.24) is 10.6 Å². The van der Waals surface area contributed by atoms with Gasteiger partial charge in [-0.2, -0.15) is 0 Å². The first kappa shape index (κ1) is 14.3. The molecule has 1 unspecified atom stereocenters. The number of carbonyl (C=O) groups excluding carboxylic acids is 1. The fourth-order valence-electron chi connectivity index (χ4n) is 2.93. The molecule has 3 rings (SSSR count). The summed E-state index contributed by atoms with van der Waals surface area (Å²) in [5, 5.41) is 6.26. The van der Waals surface area contributed by atoms with E-state index in [-0.39, 0.29) is 17.8 Å². The third-order valence-electron chi connectivity index (χ3n) is 4.27. The summed E-state index contributed by atoms with van der Waals surface area (Å²) >= 11 is 0. The predicted molar refractivity (Wildman–Crippen MR) is 80.7 cm³/mol. The van der Waals surface area contributed by atoms with Gasteiger partial charge in [0.1, 0.15) is 11.9 Å². The van der Waals surface area contributed by atoms with Crippen molar-refractivity contribution >= 4 is 11.6 Å². The van der Waals surface area contributed by atoms with Crippen molar-refractivity contribution in [1.29, 1.82) is 0 Å². The third kappa shape index (κ3) is 3.02. The first-order chi connectivity index (χ1) is 10.2. The molecule has 1 saturated heterocycles. The SMILES string of the molecule is CCC1C(=O)NCCN1c1cccc(F)c1CNC1CC1. The van der Waals surface area contributed by atoms with Gasteiger partial charge in [-0.25, -0.2) is 4.39 Å². The molecule has 5 heteroatoms. The van der Waals surface area contributed by atoms with Gasteiger partial charge in [-0.15, -0.1) is 0 Å². The van der Waals surface area contributed by atoms with E-state index in [4.69, 9.17) is 0 Å². The van der Waals surface area contributed by atoms with E-state index in [9.17, 15) is 9.18 Å². The molecule has 114 valence electrons. The van der Waals surface area contributed by atoms with Crippen LogP contribution in [0.1, 0.15) is 31.7 Å². The molecule has 1 aromatic rings. The third-order valence-corrected chi connectivity index (χ3v) is 4.27. The minimum atomic E-state index is -0.208. The first-order valence-corrected chi connectivity index (χ1v) is 7.76. The summed E-state index contributed by atoms with van der Waals surface area (Å²) < 4.78 is 14.2. The molecule has 0 aromatic heterocycles. The normalized spacial score (nSPS) is 22.3. The molecule has 1 aromatic carbocycles. The van der Waals surface area contributed by atoms with Crippen LogP contribution in [0.25, 0.3) is 0 Å². The van der Waals surface area contributed by atoms with Crippen LogP contribution < -0.4 is 15.5 Å². The molecule has 1 atom stereocenters. The molecule has 4 nitrogen and oxygen atoms in total. The second-order valence-electron chi connectivity index (χ2n) is 5.80. The van der Waals surface area contributed by atoms with Crippen LogP contribution in [-0.4, -0.2) is 31.1 Å². The summed E-state index contributed by atoms with van der Waals surface area (Å²) in [5.41, 5.74) is 1.53. The molecular weight excluding hydrogens is 269 g/mol. The van der Waals surface area contributed by atoms with Crippen LogP contribution in [0, 0.1) is 5.82 Å². The van der Waals surface area contributed by atoms with Crippen LogP contribution >= 0.6 is 0 Å². The summed E-state index contributed by atoms with van der Waals surface area (Å²) in [6.45, 7) is 3.86. The van der Waals surface area contributed by atoms with Crippen LogP contribution in [-0.2, 0) is 11.3 Å². The van der Waals surface area contributed by atoms with Gasteiger partial charge in [0.25, 0.3) is 0 Å². The van der Waals surface area contributed by atoms with Crippen molar-refractivity contribution in [2.75, 3.05) is 18.0 Å². The van der Waals surface area contributed by atoms with Crippen molar-refractivity contribution < 1.29 is 9.18 Å². The summed E-state index contributed by atoms with van der Waals surface area (Å²) in [7, 11) is 0. The van der Waals surface area contributed by atoms with E-state index in [1.54, 1.807) is 6.07 Å². The summed E-state index contributed by atoms with van der Waals surface area (Å²) in [5.74, 6) is -0.157. The zero-order valence-electron chi connectivity index (χ0n) is 12.4. The van der Waals surface area contributed by atoms with Gasteiger partial charge < -0.3 is 15.5 Å². The van der Waals surface area contributed by atoms with Gasteiger partial charge in [0.05, 0.1) is 0 Å². The standard InChI is InChI=1S/C16H22FN3O/c1-2-14-16(21)18-8-9-20(14)15-5-3-4-13(17)12(15)10-19-11-6-7-11/h3-5,11,14,19H,2,6-10H2,1H3,(H,18,21). The molecular formula is C16H22FN3O. The van der Waals surface area contributed by atoms with E-state index >= 15 is 0 Å². The van der Waals surface area contributed by atoms with Gasteiger partial charge in [0.2, 0.25) is 5.91 Å². The number of hydrogen-bond donors (Lipinski definition) is 2. The topological polar surface area (TPSA) is 44.4 Å². The lowest BCUT2D eigenvalue weighted by molar-refractivity contribution is -0.123. The lowest BCUT2D eigenvalue weighted by Gasteiger charge is -2.37. The van der Waals surface area contributed by atoms with Crippen LogP contribution in [0.3, 0.4) is 0 Å². The van der Waals surface area contributed by atoms with Gasteiger partial charge in [-0.3, -0.25) is 4.79 Å². The fourth-order valence-corrected chi connectivity index (χ4v) is 2.93. The van der Waals surface area contributed by atoms with E-state index in [1.165, 1.54) is 18.9 Å². The fraction of sp³-hybridized carbons (Fsp3) is 0.562. The zero-order valence-corrected chi connectivity index (χ0v) is 12.4. The van der Waals surface area contributed by atoms with Gasteiger partial charge in [-0.1, -0.05) is 13.0 Å². The quantitative estimate of drug-likeness (QED) is 0.869. The molecule has 2 N–H and O–H groups in total. The second kappa shape index (κ2) is 6.02. The Labute approximate surface area is 124 Å². The van der Waals surface area contributed by atoms with Crippen molar-refractivity contribution in [3.63, 3.8) is 0 Å². The maximum atomic E-state index is 14.2. The number of nitrogens with zero attached hydrogens (tertiary/aromatic N) is 1. The molecule has 1 aliphatic carbocycles. The Kier molecular flexibility index (Phi) is 4.10. The van der Waals surface area contributed by atoms with Gasteiger partial charge >= 0.3 is 0 Å². The van der Waals surface area contributed by atoms with Crippen molar-refractivity contribution in [2.45, 2.75) is 44.8 Å². The first-order valence-electron chi connectivity index (χ1n) is 7.76. The summed E-state index contributed by atoms with van der Waals surface area (Å²) in [6, 6.07) is 5.47. The van der Waals surface area contributed by atoms with E-state index in [0.29, 0.717) is 24.7 Å². The van der Waals surface area contributed by atoms with Crippen LogP contribution in [0.15, 0.2) is 18.2 Å². The predicted octanol–water partition coefficient (Wildman–Crippen LogP) is 1.79. The Morgan fingerprint density at radius 3 is 2.95 bits per heavy atom. The highest BCUT2D eigenvalue weighted by molar-refractivity contribution is 5.86. The minimum Gasteiger partial charge on any atom is -0.357 e.